The Hall–Kier alpha value is -3.43. The van der Waals surface area contributed by atoms with Crippen LogP contribution in [0.4, 0.5) is 4.39 Å². The van der Waals surface area contributed by atoms with Gasteiger partial charge in [-0.2, -0.15) is 10.4 Å². The summed E-state index contributed by atoms with van der Waals surface area (Å²) in [6.07, 6.45) is 1.41. The maximum absolute atomic E-state index is 13.1. The maximum atomic E-state index is 13.1. The van der Waals surface area contributed by atoms with E-state index in [9.17, 15) is 14.4 Å². The number of carbonyl (C=O) groups is 1. The van der Waals surface area contributed by atoms with Crippen molar-refractivity contribution in [2.75, 3.05) is 7.11 Å². The summed E-state index contributed by atoms with van der Waals surface area (Å²) >= 11 is 6.42. The zero-order valence-electron chi connectivity index (χ0n) is 15.1. The summed E-state index contributed by atoms with van der Waals surface area (Å²) in [7, 11) is 1.53. The second kappa shape index (κ2) is 8.07. The molecule has 140 valence electrons. The molecule has 0 saturated carbocycles. The molecule has 0 saturated heterocycles. The second-order valence-corrected chi connectivity index (χ2v) is 6.26. The topological polar surface area (TPSA) is 67.9 Å². The van der Waals surface area contributed by atoms with E-state index in [0.717, 1.165) is 0 Å². The Kier molecular flexibility index (Phi) is 5.57. The number of hydrogen-bond acceptors (Lipinski definition) is 4. The summed E-state index contributed by atoms with van der Waals surface area (Å²) in [5.74, 6) is -0.200. The lowest BCUT2D eigenvalue weighted by Gasteiger charge is -2.03. The van der Waals surface area contributed by atoms with E-state index in [0.29, 0.717) is 28.3 Å². The fraction of sp³-hybridized carbons (Fsp3) is 0.0952. The Balaban J connectivity index is 1.99. The molecule has 7 heteroatoms. The number of nitrogens with zero attached hydrogens (tertiary/aromatic N) is 3. The first kappa shape index (κ1) is 19.3. The molecular formula is C21H15ClFN3O2. The third-order valence-corrected chi connectivity index (χ3v) is 4.49. The van der Waals surface area contributed by atoms with Crippen molar-refractivity contribution in [1.29, 1.82) is 5.26 Å². The molecule has 2 aromatic carbocycles. The van der Waals surface area contributed by atoms with Crippen molar-refractivity contribution in [1.82, 2.24) is 9.78 Å². The highest BCUT2D eigenvalue weighted by Gasteiger charge is 2.18. The van der Waals surface area contributed by atoms with Crippen LogP contribution in [0.2, 0.25) is 5.15 Å². The number of nitriles is 1. The number of aryl methyl sites for hydroxylation is 1. The van der Waals surface area contributed by atoms with E-state index in [2.05, 4.69) is 5.10 Å². The molecule has 0 aliphatic carbocycles. The molecule has 0 fully saturated rings. The lowest BCUT2D eigenvalue weighted by Crippen LogP contribution is -2.02. The number of rotatable bonds is 5. The van der Waals surface area contributed by atoms with Crippen molar-refractivity contribution in [2.45, 2.75) is 6.92 Å². The minimum absolute atomic E-state index is 0.0752. The van der Waals surface area contributed by atoms with Crippen molar-refractivity contribution in [3.63, 3.8) is 0 Å². The number of ether oxygens (including phenoxy) is 1. The van der Waals surface area contributed by atoms with Gasteiger partial charge in [0.05, 0.1) is 18.5 Å². The number of allylic oxidation sites excluding steroid dienone is 1. The zero-order chi connectivity index (χ0) is 20.3. The van der Waals surface area contributed by atoms with E-state index in [-0.39, 0.29) is 16.5 Å². The third kappa shape index (κ3) is 3.80. The largest absolute Gasteiger partial charge is 0.497 e. The molecule has 0 unspecified atom stereocenters. The molecule has 5 nitrogen and oxygen atoms in total. The Morgan fingerprint density at radius 1 is 1.21 bits per heavy atom. The van der Waals surface area contributed by atoms with Crippen molar-refractivity contribution < 1.29 is 13.9 Å². The van der Waals surface area contributed by atoms with Crippen LogP contribution in [0.5, 0.6) is 5.75 Å². The first-order chi connectivity index (χ1) is 13.4. The highest BCUT2D eigenvalue weighted by atomic mass is 35.5. The average Bonchev–Trinajstić information content (AvgIpc) is 3.00. The molecule has 0 spiro atoms. The van der Waals surface area contributed by atoms with E-state index in [1.165, 1.54) is 42.1 Å². The van der Waals surface area contributed by atoms with Crippen LogP contribution in [0.3, 0.4) is 0 Å². The summed E-state index contributed by atoms with van der Waals surface area (Å²) in [4.78, 5) is 12.7. The predicted molar refractivity (Wildman–Crippen MR) is 104 cm³/mol. The normalized spacial score (nSPS) is 11.2. The van der Waals surface area contributed by atoms with Gasteiger partial charge in [0.2, 0.25) is 5.78 Å². The molecule has 0 atom stereocenters. The zero-order valence-corrected chi connectivity index (χ0v) is 15.9. The van der Waals surface area contributed by atoms with Crippen LogP contribution in [0.1, 0.15) is 21.6 Å². The average molecular weight is 396 g/mol. The molecule has 0 bridgehead atoms. The standard InChI is InChI=1S/C21H15ClFN3O2/c1-13-19(21(22)26(25-13)17-7-5-16(23)6-8-17)11-15(12-24)20(27)14-3-9-18(28-2)10-4-14/h3-11H,1-2H3/b15-11+. The smallest absolute Gasteiger partial charge is 0.203 e. The molecule has 1 aromatic heterocycles. The molecule has 0 amide bonds. The fourth-order valence-corrected chi connectivity index (χ4v) is 2.95. The number of Topliss-reactive ketones (excluding diaryl/α,β-unsaturated/α-hetero) is 1. The number of methoxy groups -OCH3 is 1. The predicted octanol–water partition coefficient (Wildman–Crippen LogP) is 4.77. The van der Waals surface area contributed by atoms with Crippen molar-refractivity contribution in [3.8, 4) is 17.5 Å². The van der Waals surface area contributed by atoms with Gasteiger partial charge in [-0.05, 0) is 61.5 Å². The van der Waals surface area contributed by atoms with Crippen LogP contribution in [0.25, 0.3) is 11.8 Å². The van der Waals surface area contributed by atoms with Crippen molar-refractivity contribution in [3.05, 3.63) is 81.9 Å². The molecule has 0 N–H and O–H groups in total. The van der Waals surface area contributed by atoms with Crippen LogP contribution in [0, 0.1) is 24.1 Å². The first-order valence-corrected chi connectivity index (χ1v) is 8.64. The summed E-state index contributed by atoms with van der Waals surface area (Å²) in [5.41, 5.74) is 1.82. The summed E-state index contributed by atoms with van der Waals surface area (Å²) in [6.45, 7) is 1.71. The molecule has 0 radical (unpaired) electrons. The van der Waals surface area contributed by atoms with Gasteiger partial charge in [0, 0.05) is 11.1 Å². The van der Waals surface area contributed by atoms with Crippen molar-refractivity contribution >= 4 is 23.5 Å². The summed E-state index contributed by atoms with van der Waals surface area (Å²) in [6, 6.07) is 14.1. The lowest BCUT2D eigenvalue weighted by atomic mass is 10.0. The molecule has 0 aliphatic heterocycles. The minimum atomic E-state index is -0.435. The highest BCUT2D eigenvalue weighted by molar-refractivity contribution is 6.31. The molecule has 3 rings (SSSR count). The van der Waals surface area contributed by atoms with Gasteiger partial charge in [0.15, 0.2) is 0 Å². The molecule has 0 aliphatic rings. The van der Waals surface area contributed by atoms with Gasteiger partial charge in [-0.1, -0.05) is 11.6 Å². The number of ketones is 1. The number of carbonyl (C=O) groups excluding carboxylic acids is 1. The van der Waals surface area contributed by atoms with Crippen LogP contribution < -0.4 is 4.74 Å². The Bertz CT molecular complexity index is 1090. The molecular weight excluding hydrogens is 381 g/mol. The van der Waals surface area contributed by atoms with E-state index in [4.69, 9.17) is 16.3 Å². The number of halogens is 2. The number of aromatic nitrogens is 2. The fourth-order valence-electron chi connectivity index (χ4n) is 2.62. The Labute approximate surface area is 166 Å². The van der Waals surface area contributed by atoms with E-state index >= 15 is 0 Å². The minimum Gasteiger partial charge on any atom is -0.497 e. The highest BCUT2D eigenvalue weighted by Crippen LogP contribution is 2.26. The summed E-state index contributed by atoms with van der Waals surface area (Å²) in [5, 5.41) is 14.0. The van der Waals surface area contributed by atoms with Crippen LogP contribution in [-0.2, 0) is 0 Å². The van der Waals surface area contributed by atoms with Gasteiger partial charge in [-0.3, -0.25) is 4.79 Å². The molecule has 28 heavy (non-hydrogen) atoms. The van der Waals surface area contributed by atoms with Gasteiger partial charge in [-0.25, -0.2) is 9.07 Å². The van der Waals surface area contributed by atoms with Crippen LogP contribution >= 0.6 is 11.6 Å². The third-order valence-electron chi connectivity index (χ3n) is 4.13. The Morgan fingerprint density at radius 3 is 2.43 bits per heavy atom. The first-order valence-electron chi connectivity index (χ1n) is 8.26. The van der Waals surface area contributed by atoms with Gasteiger partial charge in [-0.15, -0.1) is 0 Å². The molecule has 1 heterocycles. The quantitative estimate of drug-likeness (QED) is 0.354. The van der Waals surface area contributed by atoms with Gasteiger partial charge >= 0.3 is 0 Å². The monoisotopic (exact) mass is 395 g/mol. The van der Waals surface area contributed by atoms with Crippen molar-refractivity contribution in [2.24, 2.45) is 0 Å². The lowest BCUT2D eigenvalue weighted by molar-refractivity contribution is 0.104. The van der Waals surface area contributed by atoms with Crippen LogP contribution in [-0.4, -0.2) is 22.7 Å². The van der Waals surface area contributed by atoms with Gasteiger partial charge in [0.25, 0.3) is 0 Å². The summed E-state index contributed by atoms with van der Waals surface area (Å²) < 4.78 is 19.6. The number of hydrogen-bond donors (Lipinski definition) is 0. The van der Waals surface area contributed by atoms with E-state index in [1.54, 1.807) is 31.2 Å². The number of benzene rings is 2. The van der Waals surface area contributed by atoms with Gasteiger partial charge < -0.3 is 4.74 Å². The van der Waals surface area contributed by atoms with Crippen LogP contribution in [0.15, 0.2) is 54.1 Å². The van der Waals surface area contributed by atoms with Gasteiger partial charge in [0.1, 0.15) is 28.4 Å². The van der Waals surface area contributed by atoms with E-state index in [1.807, 2.05) is 6.07 Å². The Morgan fingerprint density at radius 2 is 1.86 bits per heavy atom. The molecule has 3 aromatic rings. The van der Waals surface area contributed by atoms with E-state index < -0.39 is 5.78 Å². The SMILES string of the molecule is COc1ccc(C(=O)/C(C#N)=C/c2c(C)nn(-c3ccc(F)cc3)c2Cl)cc1. The maximum Gasteiger partial charge on any atom is 0.203 e. The second-order valence-electron chi connectivity index (χ2n) is 5.91.